The number of amides is 2. The maximum Gasteiger partial charge on any atom is 0.238 e. The Balaban J connectivity index is 2.01. The fourth-order valence-electron chi connectivity index (χ4n) is 1.95. The van der Waals surface area contributed by atoms with Crippen molar-refractivity contribution in [3.8, 4) is 0 Å². The zero-order valence-electron chi connectivity index (χ0n) is 11.5. The van der Waals surface area contributed by atoms with E-state index < -0.39 is 0 Å². The molecule has 0 aliphatic carbocycles. The van der Waals surface area contributed by atoms with Crippen LogP contribution in [0.2, 0.25) is 5.02 Å². The Morgan fingerprint density at radius 3 is 2.95 bits per heavy atom. The van der Waals surface area contributed by atoms with E-state index in [1.165, 1.54) is 0 Å². The van der Waals surface area contributed by atoms with Gasteiger partial charge in [0.05, 0.1) is 23.7 Å². The van der Waals surface area contributed by atoms with Gasteiger partial charge in [0.2, 0.25) is 11.8 Å². The Morgan fingerprint density at radius 2 is 2.25 bits per heavy atom. The largest absolute Gasteiger partial charge is 0.325 e. The molecule has 1 aliphatic heterocycles. The molecule has 0 aromatic heterocycles. The van der Waals surface area contributed by atoms with Crippen molar-refractivity contribution in [2.45, 2.75) is 32.7 Å². The number of benzene rings is 1. The standard InChI is InChI=1S/C14H18ClN3O2/c1-3-8(2)16-7-14(20)18-12-4-9-5-13(19)17-11(9)6-10(12)15/h4,6,8,16H,3,5,7H2,1-2H3,(H,17,19)(H,18,20). The molecule has 1 heterocycles. The van der Waals surface area contributed by atoms with Gasteiger partial charge in [-0.3, -0.25) is 9.59 Å². The molecule has 1 aliphatic rings. The Morgan fingerprint density at radius 1 is 1.50 bits per heavy atom. The van der Waals surface area contributed by atoms with Crippen molar-refractivity contribution in [3.05, 3.63) is 22.7 Å². The molecule has 108 valence electrons. The van der Waals surface area contributed by atoms with E-state index in [1.807, 2.05) is 6.92 Å². The van der Waals surface area contributed by atoms with Crippen molar-refractivity contribution < 1.29 is 9.59 Å². The van der Waals surface area contributed by atoms with Crippen LogP contribution in [-0.2, 0) is 16.0 Å². The average Bonchev–Trinajstić information content (AvgIpc) is 2.75. The summed E-state index contributed by atoms with van der Waals surface area (Å²) < 4.78 is 0. The maximum absolute atomic E-state index is 11.8. The van der Waals surface area contributed by atoms with Crippen LogP contribution in [0.5, 0.6) is 0 Å². The van der Waals surface area contributed by atoms with Gasteiger partial charge in [0.15, 0.2) is 0 Å². The van der Waals surface area contributed by atoms with Gasteiger partial charge in [-0.2, -0.15) is 0 Å². The summed E-state index contributed by atoms with van der Waals surface area (Å²) in [4.78, 5) is 23.1. The minimum Gasteiger partial charge on any atom is -0.325 e. The quantitative estimate of drug-likeness (QED) is 0.779. The van der Waals surface area contributed by atoms with Crippen LogP contribution in [0.1, 0.15) is 25.8 Å². The molecular weight excluding hydrogens is 278 g/mol. The van der Waals surface area contributed by atoms with Gasteiger partial charge in [0.25, 0.3) is 0 Å². The third-order valence-corrected chi connectivity index (χ3v) is 3.63. The van der Waals surface area contributed by atoms with Gasteiger partial charge in [0, 0.05) is 11.7 Å². The first-order chi connectivity index (χ1) is 9.49. The predicted molar refractivity (Wildman–Crippen MR) is 80.2 cm³/mol. The summed E-state index contributed by atoms with van der Waals surface area (Å²) in [5, 5.41) is 9.01. The summed E-state index contributed by atoms with van der Waals surface area (Å²) in [6, 6.07) is 3.70. The zero-order chi connectivity index (χ0) is 14.7. The van der Waals surface area contributed by atoms with Crippen LogP contribution in [0, 0.1) is 0 Å². The van der Waals surface area contributed by atoms with Crippen molar-refractivity contribution in [3.63, 3.8) is 0 Å². The monoisotopic (exact) mass is 295 g/mol. The average molecular weight is 296 g/mol. The van der Waals surface area contributed by atoms with Crippen LogP contribution in [0.4, 0.5) is 11.4 Å². The van der Waals surface area contributed by atoms with Crippen molar-refractivity contribution in [1.29, 1.82) is 0 Å². The van der Waals surface area contributed by atoms with Gasteiger partial charge >= 0.3 is 0 Å². The fourth-order valence-corrected chi connectivity index (χ4v) is 2.16. The maximum atomic E-state index is 11.8. The number of halogens is 1. The van der Waals surface area contributed by atoms with Crippen LogP contribution in [0.15, 0.2) is 12.1 Å². The molecule has 0 saturated heterocycles. The number of carbonyl (C=O) groups excluding carboxylic acids is 2. The van der Waals surface area contributed by atoms with Crippen LogP contribution >= 0.6 is 11.6 Å². The molecule has 0 saturated carbocycles. The van der Waals surface area contributed by atoms with Crippen molar-refractivity contribution in [2.75, 3.05) is 17.2 Å². The molecule has 1 aromatic carbocycles. The molecule has 0 radical (unpaired) electrons. The molecule has 1 aromatic rings. The second-order valence-corrected chi connectivity index (χ2v) is 5.36. The van der Waals surface area contributed by atoms with E-state index in [0.29, 0.717) is 17.1 Å². The first-order valence-electron chi connectivity index (χ1n) is 6.65. The number of hydrogen-bond donors (Lipinski definition) is 3. The Hall–Kier alpha value is -1.59. The Labute approximate surface area is 123 Å². The summed E-state index contributed by atoms with van der Waals surface area (Å²) in [5.41, 5.74) is 2.11. The van der Waals surface area contributed by atoms with Gasteiger partial charge in [-0.25, -0.2) is 0 Å². The first-order valence-corrected chi connectivity index (χ1v) is 7.03. The summed E-state index contributed by atoms with van der Waals surface area (Å²) in [6.07, 6.45) is 1.28. The van der Waals surface area contributed by atoms with Crippen molar-refractivity contribution in [2.24, 2.45) is 0 Å². The lowest BCUT2D eigenvalue weighted by Gasteiger charge is -2.12. The molecule has 2 rings (SSSR count). The molecule has 1 atom stereocenters. The van der Waals surface area contributed by atoms with E-state index in [-0.39, 0.29) is 24.4 Å². The van der Waals surface area contributed by atoms with E-state index >= 15 is 0 Å². The number of anilines is 2. The smallest absolute Gasteiger partial charge is 0.238 e. The van der Waals surface area contributed by atoms with Gasteiger partial charge in [-0.05, 0) is 31.0 Å². The summed E-state index contributed by atoms with van der Waals surface area (Å²) >= 11 is 6.10. The minimum absolute atomic E-state index is 0.0574. The fraction of sp³-hybridized carbons (Fsp3) is 0.429. The van der Waals surface area contributed by atoms with E-state index in [9.17, 15) is 9.59 Å². The van der Waals surface area contributed by atoms with Crippen LogP contribution in [-0.4, -0.2) is 24.4 Å². The predicted octanol–water partition coefficient (Wildman–Crippen LogP) is 2.16. The lowest BCUT2D eigenvalue weighted by atomic mass is 10.1. The van der Waals surface area contributed by atoms with E-state index in [0.717, 1.165) is 17.7 Å². The zero-order valence-corrected chi connectivity index (χ0v) is 12.3. The summed E-state index contributed by atoms with van der Waals surface area (Å²) in [5.74, 6) is -0.206. The van der Waals surface area contributed by atoms with Crippen LogP contribution in [0.25, 0.3) is 0 Å². The molecule has 0 fully saturated rings. The summed E-state index contributed by atoms with van der Waals surface area (Å²) in [7, 11) is 0. The number of carbonyl (C=O) groups is 2. The number of fused-ring (bicyclic) bond motifs is 1. The van der Waals surface area contributed by atoms with Crippen LogP contribution < -0.4 is 16.0 Å². The highest BCUT2D eigenvalue weighted by Crippen LogP contribution is 2.32. The van der Waals surface area contributed by atoms with Crippen molar-refractivity contribution in [1.82, 2.24) is 5.32 Å². The number of hydrogen-bond acceptors (Lipinski definition) is 3. The first kappa shape index (κ1) is 14.8. The molecule has 6 heteroatoms. The SMILES string of the molecule is CCC(C)NCC(=O)Nc1cc2c(cc1Cl)NC(=O)C2. The second kappa shape index (κ2) is 6.24. The van der Waals surface area contributed by atoms with Gasteiger partial charge in [-0.15, -0.1) is 0 Å². The molecule has 2 amide bonds. The minimum atomic E-state index is -0.149. The highest BCUT2D eigenvalue weighted by molar-refractivity contribution is 6.34. The molecule has 0 bridgehead atoms. The Kier molecular flexibility index (Phi) is 4.62. The molecule has 3 N–H and O–H groups in total. The van der Waals surface area contributed by atoms with Gasteiger partial charge in [0.1, 0.15) is 0 Å². The third-order valence-electron chi connectivity index (χ3n) is 3.32. The van der Waals surface area contributed by atoms with Gasteiger partial charge < -0.3 is 16.0 Å². The third kappa shape index (κ3) is 3.49. The van der Waals surface area contributed by atoms with E-state index in [1.54, 1.807) is 12.1 Å². The van der Waals surface area contributed by atoms with Gasteiger partial charge in [-0.1, -0.05) is 18.5 Å². The molecular formula is C14H18ClN3O2. The van der Waals surface area contributed by atoms with Crippen LogP contribution in [0.3, 0.4) is 0 Å². The molecule has 20 heavy (non-hydrogen) atoms. The lowest BCUT2D eigenvalue weighted by Crippen LogP contribution is -2.34. The van der Waals surface area contributed by atoms with Crippen molar-refractivity contribution >= 4 is 34.8 Å². The topological polar surface area (TPSA) is 70.2 Å². The number of nitrogens with one attached hydrogen (secondary N) is 3. The highest BCUT2D eigenvalue weighted by atomic mass is 35.5. The molecule has 1 unspecified atom stereocenters. The second-order valence-electron chi connectivity index (χ2n) is 4.95. The number of rotatable bonds is 5. The van der Waals surface area contributed by atoms with E-state index in [4.69, 9.17) is 11.6 Å². The van der Waals surface area contributed by atoms with E-state index in [2.05, 4.69) is 22.9 Å². The molecule has 0 spiro atoms. The normalized spacial score (nSPS) is 14.7. The molecule has 5 nitrogen and oxygen atoms in total. The lowest BCUT2D eigenvalue weighted by molar-refractivity contribution is -0.116. The highest BCUT2D eigenvalue weighted by Gasteiger charge is 2.20. The summed E-state index contributed by atoms with van der Waals surface area (Å²) in [6.45, 7) is 4.31. The Bertz CT molecular complexity index is 545.